The number of piperidine rings is 2. The van der Waals surface area contributed by atoms with Crippen LogP contribution in [0.3, 0.4) is 0 Å². The molecule has 196 valence electrons. The summed E-state index contributed by atoms with van der Waals surface area (Å²) in [6.07, 6.45) is 2.65. The van der Waals surface area contributed by atoms with E-state index in [9.17, 15) is 14.7 Å². The molecule has 0 spiro atoms. The first kappa shape index (κ1) is 27.9. The average Bonchev–Trinajstić information content (AvgIpc) is 2.72. The lowest BCUT2D eigenvalue weighted by Crippen LogP contribution is -2.42. The van der Waals surface area contributed by atoms with Gasteiger partial charge in [0.2, 0.25) is 0 Å². The van der Waals surface area contributed by atoms with E-state index >= 15 is 0 Å². The lowest BCUT2D eigenvalue weighted by atomic mass is 9.82. The number of hydrogen-bond acceptors (Lipinski definition) is 5. The maximum atomic E-state index is 13.6. The molecule has 3 heterocycles. The van der Waals surface area contributed by atoms with Gasteiger partial charge in [-0.2, -0.15) is 0 Å². The maximum Gasteiger partial charge on any atom is 0.337 e. The number of anilines is 1. The van der Waals surface area contributed by atoms with E-state index in [1.165, 1.54) is 0 Å². The zero-order chi connectivity index (χ0) is 26.3. The summed E-state index contributed by atoms with van der Waals surface area (Å²) in [5.41, 5.74) is 1.90. The molecule has 1 unspecified atom stereocenters. The molecule has 0 saturated carbocycles. The van der Waals surface area contributed by atoms with Crippen LogP contribution in [0.4, 0.5) is 5.69 Å². The molecule has 2 saturated heterocycles. The van der Waals surface area contributed by atoms with Gasteiger partial charge in [0.1, 0.15) is 5.69 Å². The van der Waals surface area contributed by atoms with E-state index in [2.05, 4.69) is 48.5 Å². The molecule has 1 aromatic heterocycles. The number of carbonyl (C=O) groups is 2. The molecule has 3 rings (SSSR count). The van der Waals surface area contributed by atoms with Crippen LogP contribution >= 0.6 is 15.9 Å². The number of hydrogen-bond donors (Lipinski definition) is 1. The Bertz CT molecular complexity index is 964. The molecule has 1 aromatic rings. The van der Waals surface area contributed by atoms with E-state index in [0.29, 0.717) is 34.5 Å². The third-order valence-electron chi connectivity index (χ3n) is 7.34. The number of carboxylic acid groups (broad SMARTS) is 1. The monoisotopic (exact) mass is 551 g/mol. The highest BCUT2D eigenvalue weighted by Crippen LogP contribution is 2.43. The second kappa shape index (κ2) is 10.0. The van der Waals surface area contributed by atoms with Gasteiger partial charge in [-0.1, -0.05) is 27.7 Å². The summed E-state index contributed by atoms with van der Waals surface area (Å²) in [7, 11) is 0. The summed E-state index contributed by atoms with van der Waals surface area (Å²) >= 11 is 3.72. The van der Waals surface area contributed by atoms with Crippen molar-refractivity contribution >= 4 is 33.5 Å². The zero-order valence-corrected chi connectivity index (χ0v) is 24.2. The second-order valence-electron chi connectivity index (χ2n) is 12.7. The molecule has 2 aliphatic rings. The van der Waals surface area contributed by atoms with Gasteiger partial charge in [-0.05, 0) is 80.1 Å². The Morgan fingerprint density at radius 2 is 1.49 bits per heavy atom. The minimum Gasteiger partial charge on any atom is -0.479 e. The van der Waals surface area contributed by atoms with E-state index in [0.717, 1.165) is 44.5 Å². The Kier molecular flexibility index (Phi) is 7.98. The number of aliphatic carboxylic acids is 1. The van der Waals surface area contributed by atoms with Gasteiger partial charge in [-0.15, -0.1) is 0 Å². The van der Waals surface area contributed by atoms with Crippen LogP contribution in [-0.4, -0.2) is 58.6 Å². The zero-order valence-electron chi connectivity index (χ0n) is 22.6. The maximum absolute atomic E-state index is 13.6. The molecule has 0 aromatic carbocycles. The van der Waals surface area contributed by atoms with Crippen molar-refractivity contribution in [3.05, 3.63) is 21.4 Å². The normalized spacial score (nSPS) is 21.1. The molecule has 0 radical (unpaired) electrons. The van der Waals surface area contributed by atoms with Crippen molar-refractivity contribution in [2.24, 2.45) is 10.8 Å². The number of pyridine rings is 1. The number of carboxylic acids is 1. The van der Waals surface area contributed by atoms with Gasteiger partial charge in [0.05, 0.1) is 15.8 Å². The lowest BCUT2D eigenvalue weighted by Gasteiger charge is -2.41. The van der Waals surface area contributed by atoms with E-state index < -0.39 is 17.7 Å². The number of aryl methyl sites for hydroxylation is 1. The lowest BCUT2D eigenvalue weighted by molar-refractivity contribution is -0.160. The highest BCUT2D eigenvalue weighted by molar-refractivity contribution is 9.10. The quantitative estimate of drug-likeness (QED) is 0.484. The molecule has 2 aliphatic heterocycles. The number of ether oxygens (including phenoxy) is 1. The van der Waals surface area contributed by atoms with Crippen LogP contribution in [0.5, 0.6) is 0 Å². The molecule has 0 bridgehead atoms. The second-order valence-corrected chi connectivity index (χ2v) is 13.5. The fourth-order valence-corrected chi connectivity index (χ4v) is 5.55. The average molecular weight is 553 g/mol. The highest BCUT2D eigenvalue weighted by atomic mass is 79.9. The predicted octanol–water partition coefficient (Wildman–Crippen LogP) is 5.98. The van der Waals surface area contributed by atoms with Gasteiger partial charge in [0, 0.05) is 37.4 Å². The van der Waals surface area contributed by atoms with Gasteiger partial charge < -0.3 is 19.6 Å². The third-order valence-corrected chi connectivity index (χ3v) is 8.09. The van der Waals surface area contributed by atoms with Crippen LogP contribution in [-0.2, 0) is 9.53 Å². The minimum absolute atomic E-state index is 0.107. The van der Waals surface area contributed by atoms with Gasteiger partial charge in [0.15, 0.2) is 6.10 Å². The first-order chi connectivity index (χ1) is 16.0. The first-order valence-electron chi connectivity index (χ1n) is 12.7. The van der Waals surface area contributed by atoms with Crippen molar-refractivity contribution in [3.8, 4) is 0 Å². The van der Waals surface area contributed by atoms with Crippen LogP contribution in [0.25, 0.3) is 0 Å². The SMILES string of the molecule is Cc1nc(C(=O)N2CCC(C)(C)CC2)c(Br)c(N2CCC(C)(C)CC2)c1C(OC(C)(C)C)C(=O)O. The molecule has 1 atom stereocenters. The number of carbonyl (C=O) groups excluding carboxylic acids is 1. The smallest absolute Gasteiger partial charge is 0.337 e. The van der Waals surface area contributed by atoms with E-state index in [4.69, 9.17) is 9.72 Å². The number of amides is 1. The van der Waals surface area contributed by atoms with Crippen LogP contribution < -0.4 is 4.90 Å². The summed E-state index contributed by atoms with van der Waals surface area (Å²) < 4.78 is 6.62. The van der Waals surface area contributed by atoms with E-state index in [-0.39, 0.29) is 16.7 Å². The van der Waals surface area contributed by atoms with Crippen LogP contribution in [0, 0.1) is 17.8 Å². The van der Waals surface area contributed by atoms with Crippen molar-refractivity contribution in [3.63, 3.8) is 0 Å². The fraction of sp³-hybridized carbons (Fsp3) is 0.741. The number of aromatic nitrogens is 1. The summed E-state index contributed by atoms with van der Waals surface area (Å²) in [5.74, 6) is -1.17. The largest absolute Gasteiger partial charge is 0.479 e. The van der Waals surface area contributed by atoms with Gasteiger partial charge >= 0.3 is 5.97 Å². The third kappa shape index (κ3) is 6.56. The van der Waals surface area contributed by atoms with Crippen LogP contribution in [0.1, 0.15) is 102 Å². The van der Waals surface area contributed by atoms with Crippen molar-refractivity contribution in [1.29, 1.82) is 0 Å². The van der Waals surface area contributed by atoms with Crippen LogP contribution in [0.15, 0.2) is 4.47 Å². The Balaban J connectivity index is 2.11. The first-order valence-corrected chi connectivity index (χ1v) is 13.5. The fourth-order valence-electron chi connectivity index (χ4n) is 4.83. The minimum atomic E-state index is -1.19. The Labute approximate surface area is 218 Å². The number of halogens is 1. The molecular formula is C27H42BrN3O4. The number of nitrogens with zero attached hydrogens (tertiary/aromatic N) is 3. The topological polar surface area (TPSA) is 83.0 Å². The molecule has 1 amide bonds. The standard InChI is InChI=1S/C27H42BrN3O4/c1-17-18(22(24(33)34)35-25(2,3)4)21(30-13-9-26(5,6)10-14-30)19(28)20(29-17)23(32)31-15-11-27(7,8)12-16-31/h22H,9-16H2,1-8H3,(H,33,34). The van der Waals surface area contributed by atoms with E-state index in [1.807, 2.05) is 25.7 Å². The molecular weight excluding hydrogens is 510 g/mol. The number of likely N-dealkylation sites (tertiary alicyclic amines) is 1. The Morgan fingerprint density at radius 3 is 1.94 bits per heavy atom. The van der Waals surface area contributed by atoms with Crippen LogP contribution in [0.2, 0.25) is 0 Å². The Hall–Kier alpha value is -1.67. The predicted molar refractivity (Wildman–Crippen MR) is 142 cm³/mol. The van der Waals surface area contributed by atoms with Crippen molar-refractivity contribution in [2.45, 2.75) is 92.8 Å². The highest BCUT2D eigenvalue weighted by Gasteiger charge is 2.38. The molecule has 1 N–H and O–H groups in total. The summed E-state index contributed by atoms with van der Waals surface area (Å²) in [6, 6.07) is 0. The summed E-state index contributed by atoms with van der Waals surface area (Å²) in [4.78, 5) is 34.9. The molecule has 2 fully saturated rings. The Morgan fingerprint density at radius 1 is 1.00 bits per heavy atom. The summed E-state index contributed by atoms with van der Waals surface area (Å²) in [6.45, 7) is 19.2. The molecule has 0 aliphatic carbocycles. The van der Waals surface area contributed by atoms with Crippen molar-refractivity contribution < 1.29 is 19.4 Å². The number of rotatable bonds is 5. The molecule has 35 heavy (non-hydrogen) atoms. The molecule has 8 heteroatoms. The van der Waals surface area contributed by atoms with Gasteiger partial charge in [-0.25, -0.2) is 9.78 Å². The van der Waals surface area contributed by atoms with E-state index in [1.54, 1.807) is 6.92 Å². The van der Waals surface area contributed by atoms with Gasteiger partial charge in [0.25, 0.3) is 5.91 Å². The van der Waals surface area contributed by atoms with Crippen molar-refractivity contribution in [1.82, 2.24) is 9.88 Å². The van der Waals surface area contributed by atoms with Crippen molar-refractivity contribution in [2.75, 3.05) is 31.1 Å². The summed E-state index contributed by atoms with van der Waals surface area (Å²) in [5, 5.41) is 10.2. The van der Waals surface area contributed by atoms with Gasteiger partial charge in [-0.3, -0.25) is 4.79 Å². The molecule has 7 nitrogen and oxygen atoms in total.